The standard InChI is InChI=1S/C56H35N5S/c1-5-17-36(18-6-1)42-25-13-14-26-43(42)40-33-47(56-59-54(37-19-7-2-8-20-37)58-55(60-56)38-21-9-3-10-22-38)52(57-35-40)39-29-30-44-45-31-32-49-51(53(45)62-50(44)34-39)46-27-15-16-28-48(46)61(49)41-23-11-4-12-24-41/h1-35H. The third-order valence-electron chi connectivity index (χ3n) is 11.7. The maximum Gasteiger partial charge on any atom is 0.166 e. The second kappa shape index (κ2) is 14.9. The number of pyridine rings is 1. The lowest BCUT2D eigenvalue weighted by atomic mass is 9.93. The van der Waals surface area contributed by atoms with Gasteiger partial charge in [0.05, 0.1) is 16.7 Å². The summed E-state index contributed by atoms with van der Waals surface area (Å²) in [5.74, 6) is 1.77. The fourth-order valence-electron chi connectivity index (χ4n) is 8.83. The predicted molar refractivity (Wildman–Crippen MR) is 257 cm³/mol. The Hall–Kier alpha value is -8.06. The topological polar surface area (TPSA) is 56.5 Å². The van der Waals surface area contributed by atoms with E-state index in [4.69, 9.17) is 19.9 Å². The predicted octanol–water partition coefficient (Wildman–Crippen LogP) is 14.7. The lowest BCUT2D eigenvalue weighted by molar-refractivity contribution is 1.07. The SMILES string of the molecule is c1ccc(-c2nc(-c3ccccc3)nc(-c3cc(-c4ccccc4-c4ccccc4)cnc3-c3ccc4c(c3)sc3c4ccc4c3c3ccccc3n4-c3ccccc3)n2)cc1. The van der Waals surface area contributed by atoms with Gasteiger partial charge in [-0.1, -0.05) is 170 Å². The Bertz CT molecular complexity index is 3560. The number of hydrogen-bond donors (Lipinski definition) is 0. The van der Waals surface area contributed by atoms with Gasteiger partial charge < -0.3 is 4.57 Å². The summed E-state index contributed by atoms with van der Waals surface area (Å²) < 4.78 is 4.85. The highest BCUT2D eigenvalue weighted by Gasteiger charge is 2.21. The minimum atomic E-state index is 0.561. The van der Waals surface area contributed by atoms with Crippen molar-refractivity contribution in [2.24, 2.45) is 0 Å². The molecule has 12 aromatic rings. The molecule has 0 aliphatic carbocycles. The summed E-state index contributed by atoms with van der Waals surface area (Å²) in [5.41, 5.74) is 12.3. The van der Waals surface area contributed by atoms with E-state index in [0.29, 0.717) is 17.5 Å². The van der Waals surface area contributed by atoms with Gasteiger partial charge in [-0.15, -0.1) is 11.3 Å². The molecule has 0 bridgehead atoms. The number of aromatic nitrogens is 5. The van der Waals surface area contributed by atoms with Crippen molar-refractivity contribution in [2.45, 2.75) is 0 Å². The molecule has 6 heteroatoms. The van der Waals surface area contributed by atoms with E-state index in [0.717, 1.165) is 55.9 Å². The Kier molecular flexibility index (Phi) is 8.61. The highest BCUT2D eigenvalue weighted by atomic mass is 32.1. The Morgan fingerprint density at radius 1 is 0.371 bits per heavy atom. The van der Waals surface area contributed by atoms with Crippen molar-refractivity contribution >= 4 is 53.3 Å². The van der Waals surface area contributed by atoms with E-state index < -0.39 is 0 Å². The minimum Gasteiger partial charge on any atom is -0.309 e. The zero-order valence-electron chi connectivity index (χ0n) is 33.4. The smallest absolute Gasteiger partial charge is 0.166 e. The maximum atomic E-state index is 5.33. The van der Waals surface area contributed by atoms with Gasteiger partial charge in [0.1, 0.15) is 0 Å². The van der Waals surface area contributed by atoms with E-state index in [1.54, 1.807) is 0 Å². The largest absolute Gasteiger partial charge is 0.309 e. The van der Waals surface area contributed by atoms with Gasteiger partial charge in [-0.05, 0) is 53.1 Å². The molecule has 8 aromatic carbocycles. The maximum absolute atomic E-state index is 5.33. The first-order valence-electron chi connectivity index (χ1n) is 20.7. The number of nitrogens with zero attached hydrogens (tertiary/aromatic N) is 5. The summed E-state index contributed by atoms with van der Waals surface area (Å²) in [6.07, 6.45) is 2.00. The summed E-state index contributed by atoms with van der Waals surface area (Å²) in [4.78, 5) is 20.8. The van der Waals surface area contributed by atoms with Crippen molar-refractivity contribution in [2.75, 3.05) is 0 Å². The van der Waals surface area contributed by atoms with Crippen LogP contribution in [-0.2, 0) is 0 Å². The van der Waals surface area contributed by atoms with Crippen molar-refractivity contribution < 1.29 is 0 Å². The molecule has 0 amide bonds. The molecule has 5 nitrogen and oxygen atoms in total. The van der Waals surface area contributed by atoms with E-state index in [-0.39, 0.29) is 0 Å². The number of thiophene rings is 1. The summed E-state index contributed by atoms with van der Waals surface area (Å²) in [6, 6.07) is 72.2. The third-order valence-corrected chi connectivity index (χ3v) is 12.9. The average molecular weight is 810 g/mol. The minimum absolute atomic E-state index is 0.561. The van der Waals surface area contributed by atoms with Crippen molar-refractivity contribution in [3.63, 3.8) is 0 Å². The van der Waals surface area contributed by atoms with E-state index >= 15 is 0 Å². The first kappa shape index (κ1) is 35.8. The summed E-state index contributed by atoms with van der Waals surface area (Å²) >= 11 is 1.84. The van der Waals surface area contributed by atoms with Gasteiger partial charge in [-0.2, -0.15) is 0 Å². The first-order chi connectivity index (χ1) is 30.7. The fourth-order valence-corrected chi connectivity index (χ4v) is 10.1. The monoisotopic (exact) mass is 809 g/mol. The van der Waals surface area contributed by atoms with Crippen molar-refractivity contribution in [1.82, 2.24) is 24.5 Å². The zero-order valence-corrected chi connectivity index (χ0v) is 34.2. The fraction of sp³-hybridized carbons (Fsp3) is 0. The molecule has 0 aliphatic rings. The second-order valence-corrected chi connectivity index (χ2v) is 16.5. The van der Waals surface area contributed by atoms with E-state index in [2.05, 4.69) is 150 Å². The van der Waals surface area contributed by atoms with Crippen LogP contribution in [0.25, 0.3) is 115 Å². The molecule has 0 unspecified atom stereocenters. The Morgan fingerprint density at radius 3 is 1.63 bits per heavy atom. The normalized spacial score (nSPS) is 11.5. The highest BCUT2D eigenvalue weighted by molar-refractivity contribution is 7.26. The molecule has 290 valence electrons. The molecule has 0 fully saturated rings. The van der Waals surface area contributed by atoms with E-state index in [1.165, 1.54) is 42.0 Å². The summed E-state index contributed by atoms with van der Waals surface area (Å²) in [6.45, 7) is 0. The summed E-state index contributed by atoms with van der Waals surface area (Å²) in [5, 5.41) is 4.99. The van der Waals surface area contributed by atoms with Gasteiger partial charge in [0.25, 0.3) is 0 Å². The Balaban J connectivity index is 1.09. The molecule has 4 aromatic heterocycles. The number of benzene rings is 8. The highest BCUT2D eigenvalue weighted by Crippen LogP contribution is 2.45. The molecule has 0 spiro atoms. The lowest BCUT2D eigenvalue weighted by Gasteiger charge is -2.15. The van der Waals surface area contributed by atoms with Gasteiger partial charge in [0, 0.05) is 70.6 Å². The Labute approximate surface area is 361 Å². The quantitative estimate of drug-likeness (QED) is 0.161. The first-order valence-corrected chi connectivity index (χ1v) is 21.5. The number of para-hydroxylation sites is 2. The van der Waals surface area contributed by atoms with Crippen molar-refractivity contribution in [3.05, 3.63) is 212 Å². The third kappa shape index (κ3) is 6.08. The molecular weight excluding hydrogens is 775 g/mol. The van der Waals surface area contributed by atoms with Crippen LogP contribution >= 0.6 is 11.3 Å². The molecule has 0 saturated carbocycles. The van der Waals surface area contributed by atoms with Gasteiger partial charge in [-0.3, -0.25) is 4.98 Å². The van der Waals surface area contributed by atoms with Crippen LogP contribution in [0.3, 0.4) is 0 Å². The van der Waals surface area contributed by atoms with Crippen LogP contribution in [0.4, 0.5) is 0 Å². The Morgan fingerprint density at radius 2 is 0.935 bits per heavy atom. The molecule has 0 atom stereocenters. The molecule has 62 heavy (non-hydrogen) atoms. The zero-order chi connectivity index (χ0) is 41.0. The van der Waals surface area contributed by atoms with E-state index in [1.807, 2.05) is 78.2 Å². The van der Waals surface area contributed by atoms with Crippen molar-refractivity contribution in [3.8, 4) is 73.4 Å². The second-order valence-electron chi connectivity index (χ2n) is 15.4. The van der Waals surface area contributed by atoms with E-state index in [9.17, 15) is 0 Å². The number of hydrogen-bond acceptors (Lipinski definition) is 5. The molecule has 0 saturated heterocycles. The molecule has 4 heterocycles. The van der Waals surface area contributed by atoms with Crippen molar-refractivity contribution in [1.29, 1.82) is 0 Å². The molecule has 0 radical (unpaired) electrons. The van der Waals surface area contributed by atoms with Gasteiger partial charge in [0.2, 0.25) is 0 Å². The molecule has 0 aliphatic heterocycles. The number of fused-ring (bicyclic) bond motifs is 7. The molecule has 0 N–H and O–H groups in total. The van der Waals surface area contributed by atoms with Crippen LogP contribution in [0.5, 0.6) is 0 Å². The molecule has 12 rings (SSSR count). The van der Waals surface area contributed by atoms with Gasteiger partial charge in [0.15, 0.2) is 17.5 Å². The van der Waals surface area contributed by atoms with Crippen LogP contribution in [0, 0.1) is 0 Å². The number of rotatable bonds is 7. The lowest BCUT2D eigenvalue weighted by Crippen LogP contribution is -2.02. The van der Waals surface area contributed by atoms with Crippen LogP contribution in [-0.4, -0.2) is 24.5 Å². The van der Waals surface area contributed by atoms with Crippen LogP contribution in [0.1, 0.15) is 0 Å². The van der Waals surface area contributed by atoms with Gasteiger partial charge >= 0.3 is 0 Å². The summed E-state index contributed by atoms with van der Waals surface area (Å²) in [7, 11) is 0. The van der Waals surface area contributed by atoms with Crippen LogP contribution in [0.2, 0.25) is 0 Å². The van der Waals surface area contributed by atoms with Crippen LogP contribution in [0.15, 0.2) is 212 Å². The van der Waals surface area contributed by atoms with Gasteiger partial charge in [-0.25, -0.2) is 15.0 Å². The average Bonchev–Trinajstić information content (AvgIpc) is 3.90. The van der Waals surface area contributed by atoms with Crippen LogP contribution < -0.4 is 0 Å². The molecular formula is C56H35N5S.